The van der Waals surface area contributed by atoms with Crippen molar-refractivity contribution in [2.24, 2.45) is 5.73 Å². The molecule has 10 heteroatoms. The molecule has 0 spiro atoms. The van der Waals surface area contributed by atoms with Gasteiger partial charge in [-0.15, -0.1) is 0 Å². The fraction of sp³-hybridized carbons (Fsp3) is 0.357. The molecule has 3 N–H and O–H groups in total. The largest absolute Gasteiger partial charge is 0.496 e. The number of alkyl halides is 3. The lowest BCUT2D eigenvalue weighted by molar-refractivity contribution is -0.138. The molecule has 7 nitrogen and oxygen atoms in total. The fourth-order valence-corrected chi connectivity index (χ4v) is 2.42. The maximum absolute atomic E-state index is 13.1. The Morgan fingerprint density at radius 3 is 2.71 bits per heavy atom. The highest BCUT2D eigenvalue weighted by atomic mass is 19.4. The van der Waals surface area contributed by atoms with E-state index in [0.29, 0.717) is 19.0 Å². The lowest BCUT2D eigenvalue weighted by Crippen LogP contribution is -2.51. The van der Waals surface area contributed by atoms with E-state index in [9.17, 15) is 13.2 Å². The second kappa shape index (κ2) is 5.69. The molecule has 1 aliphatic rings. The van der Waals surface area contributed by atoms with Gasteiger partial charge in [-0.3, -0.25) is 5.41 Å². The molecule has 24 heavy (non-hydrogen) atoms. The fourth-order valence-electron chi connectivity index (χ4n) is 2.42. The van der Waals surface area contributed by atoms with Crippen LogP contribution in [0.15, 0.2) is 22.7 Å². The van der Waals surface area contributed by atoms with Crippen LogP contribution in [-0.2, 0) is 6.18 Å². The number of benzene rings is 1. The lowest BCUT2D eigenvalue weighted by Gasteiger charge is -2.37. The number of nitrogens with one attached hydrogen (secondary N) is 1. The lowest BCUT2D eigenvalue weighted by atomic mass is 10.0. The Hall–Kier alpha value is -2.78. The molecule has 1 aromatic carbocycles. The van der Waals surface area contributed by atoms with Crippen molar-refractivity contribution >= 4 is 5.96 Å². The van der Waals surface area contributed by atoms with Crippen LogP contribution in [0.2, 0.25) is 0 Å². The number of hydrogen-bond donors (Lipinski definition) is 2. The van der Waals surface area contributed by atoms with Gasteiger partial charge in [-0.1, -0.05) is 5.16 Å². The molecule has 2 aromatic rings. The quantitative estimate of drug-likeness (QED) is 0.654. The van der Waals surface area contributed by atoms with Crippen LogP contribution >= 0.6 is 0 Å². The van der Waals surface area contributed by atoms with Crippen molar-refractivity contribution in [1.29, 1.82) is 5.41 Å². The number of nitrogens with two attached hydrogens (primary N) is 1. The van der Waals surface area contributed by atoms with Crippen LogP contribution in [0.5, 0.6) is 5.75 Å². The molecule has 1 aliphatic heterocycles. The van der Waals surface area contributed by atoms with Gasteiger partial charge in [0.05, 0.1) is 18.6 Å². The molecule has 0 radical (unpaired) electrons. The number of rotatable bonds is 3. The van der Waals surface area contributed by atoms with E-state index < -0.39 is 11.7 Å². The summed E-state index contributed by atoms with van der Waals surface area (Å²) in [7, 11) is 1.17. The summed E-state index contributed by atoms with van der Waals surface area (Å²) in [6.45, 7) is 0.931. The molecule has 1 saturated heterocycles. The summed E-state index contributed by atoms with van der Waals surface area (Å²) in [5.74, 6) is -0.0242. The highest BCUT2D eigenvalue weighted by Crippen LogP contribution is 2.38. The molecule has 0 aliphatic carbocycles. The van der Waals surface area contributed by atoms with E-state index in [1.54, 1.807) is 4.90 Å². The first-order valence-electron chi connectivity index (χ1n) is 6.97. The zero-order chi connectivity index (χ0) is 17.5. The van der Waals surface area contributed by atoms with Gasteiger partial charge in [0.1, 0.15) is 5.75 Å². The smallest absolute Gasteiger partial charge is 0.419 e. The second-order valence-electron chi connectivity index (χ2n) is 5.36. The Balaban J connectivity index is 1.84. The van der Waals surface area contributed by atoms with Crippen LogP contribution in [0.4, 0.5) is 13.2 Å². The Kier molecular flexibility index (Phi) is 3.82. The predicted octanol–water partition coefficient (Wildman–Crippen LogP) is 2.06. The average molecular weight is 341 g/mol. The summed E-state index contributed by atoms with van der Waals surface area (Å²) in [5.41, 5.74) is 4.62. The minimum atomic E-state index is -4.55. The minimum Gasteiger partial charge on any atom is -0.496 e. The monoisotopic (exact) mass is 341 g/mol. The first-order chi connectivity index (χ1) is 11.3. The minimum absolute atomic E-state index is 0.0454. The first-order valence-corrected chi connectivity index (χ1v) is 6.97. The van der Waals surface area contributed by atoms with Crippen LogP contribution < -0.4 is 10.5 Å². The third-order valence-corrected chi connectivity index (χ3v) is 3.78. The first kappa shape index (κ1) is 16.1. The van der Waals surface area contributed by atoms with Gasteiger partial charge in [-0.2, -0.15) is 18.2 Å². The van der Waals surface area contributed by atoms with Gasteiger partial charge < -0.3 is 19.9 Å². The predicted molar refractivity (Wildman–Crippen MR) is 77.5 cm³/mol. The summed E-state index contributed by atoms with van der Waals surface area (Å²) in [6, 6.07) is 3.58. The molecule has 128 valence electrons. The Morgan fingerprint density at radius 2 is 2.12 bits per heavy atom. The maximum Gasteiger partial charge on any atom is 0.419 e. The number of nitrogens with zero attached hydrogens (tertiary/aromatic N) is 3. The van der Waals surface area contributed by atoms with Gasteiger partial charge in [0.2, 0.25) is 11.7 Å². The van der Waals surface area contributed by atoms with E-state index in [-0.39, 0.29) is 29.0 Å². The zero-order valence-corrected chi connectivity index (χ0v) is 12.6. The van der Waals surface area contributed by atoms with Gasteiger partial charge in [-0.25, -0.2) is 0 Å². The van der Waals surface area contributed by atoms with Gasteiger partial charge in [-0.05, 0) is 18.2 Å². The van der Waals surface area contributed by atoms with Crippen LogP contribution in [0, 0.1) is 5.41 Å². The van der Waals surface area contributed by atoms with E-state index in [1.807, 2.05) is 0 Å². The normalized spacial score (nSPS) is 15.2. The molecule has 0 amide bonds. The van der Waals surface area contributed by atoms with Crippen molar-refractivity contribution in [3.8, 4) is 17.1 Å². The van der Waals surface area contributed by atoms with Gasteiger partial charge in [0, 0.05) is 18.7 Å². The summed E-state index contributed by atoms with van der Waals surface area (Å²) >= 11 is 0. The van der Waals surface area contributed by atoms with Crippen LogP contribution in [0.3, 0.4) is 0 Å². The van der Waals surface area contributed by atoms with Crippen molar-refractivity contribution in [3.63, 3.8) is 0 Å². The number of methoxy groups -OCH3 is 1. The summed E-state index contributed by atoms with van der Waals surface area (Å²) in [4.78, 5) is 5.77. The number of halogens is 3. The Morgan fingerprint density at radius 1 is 1.42 bits per heavy atom. The van der Waals surface area contributed by atoms with E-state index in [4.69, 9.17) is 20.4 Å². The van der Waals surface area contributed by atoms with E-state index in [2.05, 4.69) is 10.1 Å². The van der Waals surface area contributed by atoms with Crippen LogP contribution in [0.1, 0.15) is 17.4 Å². The van der Waals surface area contributed by atoms with E-state index in [1.165, 1.54) is 19.2 Å². The van der Waals surface area contributed by atoms with Crippen molar-refractivity contribution < 1.29 is 22.4 Å². The van der Waals surface area contributed by atoms with Gasteiger partial charge >= 0.3 is 6.18 Å². The van der Waals surface area contributed by atoms with Crippen molar-refractivity contribution in [2.45, 2.75) is 12.1 Å². The summed E-state index contributed by atoms with van der Waals surface area (Å²) in [6.07, 6.45) is -4.55. The number of likely N-dealkylation sites (tertiary alicyclic amines) is 1. The highest BCUT2D eigenvalue weighted by Gasteiger charge is 2.36. The third kappa shape index (κ3) is 2.86. The number of aromatic nitrogens is 2. The topological polar surface area (TPSA) is 101 Å². The van der Waals surface area contributed by atoms with Crippen molar-refractivity contribution in [1.82, 2.24) is 15.0 Å². The third-order valence-electron chi connectivity index (χ3n) is 3.78. The Bertz CT molecular complexity index is 768. The van der Waals surface area contributed by atoms with Gasteiger partial charge in [0.25, 0.3) is 0 Å². The molecule has 0 bridgehead atoms. The number of guanidine groups is 1. The maximum atomic E-state index is 13.1. The number of ether oxygens (including phenoxy) is 1. The molecule has 3 rings (SSSR count). The van der Waals surface area contributed by atoms with Crippen LogP contribution in [0.25, 0.3) is 11.4 Å². The molecule has 1 aromatic heterocycles. The molecule has 0 atom stereocenters. The molecule has 0 saturated carbocycles. The molecule has 0 unspecified atom stereocenters. The van der Waals surface area contributed by atoms with Crippen molar-refractivity contribution in [2.75, 3.05) is 20.2 Å². The average Bonchev–Trinajstić information content (AvgIpc) is 2.93. The molecular formula is C14H14F3N5O2. The summed E-state index contributed by atoms with van der Waals surface area (Å²) < 4.78 is 49.1. The standard InChI is InChI=1S/C14H14F3N5O2/c1-23-10-3-2-7(4-9(10)14(15,16)17)11-20-12(24-21-11)8-5-22(6-8)13(18)19/h2-4,8H,5-6H2,1H3,(H3,18,19). The van der Waals surface area contributed by atoms with Crippen molar-refractivity contribution in [3.05, 3.63) is 29.7 Å². The van der Waals surface area contributed by atoms with E-state index >= 15 is 0 Å². The zero-order valence-electron chi connectivity index (χ0n) is 12.6. The number of hydrogen-bond acceptors (Lipinski definition) is 5. The van der Waals surface area contributed by atoms with E-state index in [0.717, 1.165) is 6.07 Å². The Labute approximate surface area is 134 Å². The molecular weight excluding hydrogens is 327 g/mol. The summed E-state index contributed by atoms with van der Waals surface area (Å²) in [5, 5.41) is 11.0. The molecule has 1 fully saturated rings. The second-order valence-corrected chi connectivity index (χ2v) is 5.36. The molecule has 2 heterocycles. The van der Waals surface area contributed by atoms with Crippen LogP contribution in [-0.4, -0.2) is 41.2 Å². The highest BCUT2D eigenvalue weighted by molar-refractivity contribution is 5.75. The SMILES string of the molecule is COc1ccc(-c2noc(C3CN(C(=N)N)C3)n2)cc1C(F)(F)F. The van der Waals surface area contributed by atoms with Gasteiger partial charge in [0.15, 0.2) is 5.96 Å².